The first kappa shape index (κ1) is 13.9. The molecule has 0 spiro atoms. The maximum atomic E-state index is 9.87. The number of ether oxygens (including phenoxy) is 1. The molecule has 0 saturated carbocycles. The molecule has 86 valence electrons. The number of nitrogens with one attached hydrogen (secondary N) is 1. The van der Waals surface area contributed by atoms with Crippen LogP contribution in [0.15, 0.2) is 0 Å². The van der Waals surface area contributed by atoms with Gasteiger partial charge in [-0.2, -0.15) is 0 Å². The summed E-state index contributed by atoms with van der Waals surface area (Å²) in [4.78, 5) is 0. The molecule has 0 aliphatic carbocycles. The third-order valence-electron chi connectivity index (χ3n) is 1.80. The quantitative estimate of drug-likeness (QED) is 0.586. The molecule has 2 N–H and O–H groups in total. The molecule has 0 fully saturated rings. The van der Waals surface area contributed by atoms with Crippen LogP contribution >= 0.6 is 0 Å². The lowest BCUT2D eigenvalue weighted by atomic mass is 10.1. The molecule has 3 heteroatoms. The van der Waals surface area contributed by atoms with Gasteiger partial charge in [0.05, 0.1) is 12.2 Å². The minimum Gasteiger partial charge on any atom is -0.386 e. The average molecular weight is 203 g/mol. The van der Waals surface area contributed by atoms with Crippen molar-refractivity contribution in [2.24, 2.45) is 5.92 Å². The Bertz CT molecular complexity index is 135. The highest BCUT2D eigenvalue weighted by Crippen LogP contribution is 2.03. The minimum atomic E-state index is -0.746. The fraction of sp³-hybridized carbons (Fsp3) is 1.00. The number of hydrogen-bond acceptors (Lipinski definition) is 3. The van der Waals surface area contributed by atoms with Crippen LogP contribution in [-0.2, 0) is 4.74 Å². The summed E-state index contributed by atoms with van der Waals surface area (Å²) in [6.45, 7) is 10.8. The van der Waals surface area contributed by atoms with Gasteiger partial charge >= 0.3 is 0 Å². The molecule has 1 unspecified atom stereocenters. The molecule has 0 amide bonds. The fourth-order valence-electron chi connectivity index (χ4n) is 1.10. The molecule has 0 aromatic heterocycles. The van der Waals surface area contributed by atoms with Crippen molar-refractivity contribution in [2.75, 3.05) is 26.3 Å². The largest absolute Gasteiger partial charge is 0.386 e. The van der Waals surface area contributed by atoms with Crippen molar-refractivity contribution in [1.82, 2.24) is 5.32 Å². The fourth-order valence-corrected chi connectivity index (χ4v) is 1.10. The van der Waals surface area contributed by atoms with Gasteiger partial charge in [0.25, 0.3) is 0 Å². The second kappa shape index (κ2) is 7.21. The summed E-state index contributed by atoms with van der Waals surface area (Å²) in [5, 5.41) is 13.0. The normalized spacial score (nSPS) is 15.9. The van der Waals surface area contributed by atoms with Crippen LogP contribution in [0.2, 0.25) is 0 Å². The number of hydrogen-bond donors (Lipinski definition) is 2. The molecule has 0 heterocycles. The van der Waals surface area contributed by atoms with Gasteiger partial charge in [0.2, 0.25) is 0 Å². The Labute approximate surface area is 87.8 Å². The lowest BCUT2D eigenvalue weighted by molar-refractivity contribution is -0.0383. The van der Waals surface area contributed by atoms with Gasteiger partial charge in [-0.05, 0) is 25.8 Å². The van der Waals surface area contributed by atoms with E-state index in [1.165, 1.54) is 0 Å². The third kappa shape index (κ3) is 8.48. The Morgan fingerprint density at radius 3 is 2.57 bits per heavy atom. The zero-order valence-electron chi connectivity index (χ0n) is 9.97. The first-order chi connectivity index (χ1) is 6.48. The van der Waals surface area contributed by atoms with E-state index < -0.39 is 5.60 Å². The maximum Gasteiger partial charge on any atom is 0.0975 e. The number of rotatable bonds is 8. The number of aliphatic hydroxyl groups is 1. The highest BCUT2D eigenvalue weighted by molar-refractivity contribution is 4.74. The van der Waals surface area contributed by atoms with Crippen LogP contribution in [0.3, 0.4) is 0 Å². The van der Waals surface area contributed by atoms with Crippen molar-refractivity contribution in [2.45, 2.75) is 39.7 Å². The molecule has 3 nitrogen and oxygen atoms in total. The van der Waals surface area contributed by atoms with E-state index in [1.807, 2.05) is 0 Å². The van der Waals surface area contributed by atoms with Crippen LogP contribution in [-0.4, -0.2) is 37.0 Å². The zero-order valence-corrected chi connectivity index (χ0v) is 9.97. The SMILES string of the molecule is CCCNCC(C)(O)COCC(C)C. The predicted octanol–water partition coefficient (Wildman–Crippen LogP) is 1.41. The van der Waals surface area contributed by atoms with E-state index in [-0.39, 0.29) is 0 Å². The summed E-state index contributed by atoms with van der Waals surface area (Å²) >= 11 is 0. The second-order valence-electron chi connectivity index (χ2n) is 4.58. The molecule has 0 rings (SSSR count). The first-order valence-electron chi connectivity index (χ1n) is 5.49. The standard InChI is InChI=1S/C11H25NO2/c1-5-6-12-8-11(4,13)9-14-7-10(2)3/h10,12-13H,5-9H2,1-4H3. The molecule has 0 aromatic rings. The van der Waals surface area contributed by atoms with E-state index in [0.717, 1.165) is 13.0 Å². The Kier molecular flexibility index (Phi) is 7.15. The van der Waals surface area contributed by atoms with Crippen LogP contribution in [0.25, 0.3) is 0 Å². The smallest absolute Gasteiger partial charge is 0.0975 e. The molecule has 14 heavy (non-hydrogen) atoms. The van der Waals surface area contributed by atoms with Crippen LogP contribution in [0.4, 0.5) is 0 Å². The van der Waals surface area contributed by atoms with Crippen LogP contribution in [0, 0.1) is 5.92 Å². The lowest BCUT2D eigenvalue weighted by Gasteiger charge is -2.24. The van der Waals surface area contributed by atoms with Crippen molar-refractivity contribution in [3.05, 3.63) is 0 Å². The Hall–Kier alpha value is -0.120. The van der Waals surface area contributed by atoms with E-state index in [9.17, 15) is 5.11 Å². The van der Waals surface area contributed by atoms with Gasteiger partial charge in [0.1, 0.15) is 0 Å². The van der Waals surface area contributed by atoms with E-state index in [1.54, 1.807) is 6.92 Å². The Morgan fingerprint density at radius 2 is 2.07 bits per heavy atom. The molecular weight excluding hydrogens is 178 g/mol. The van der Waals surface area contributed by atoms with Gasteiger partial charge in [-0.1, -0.05) is 20.8 Å². The zero-order chi connectivity index (χ0) is 11.0. The topological polar surface area (TPSA) is 41.5 Å². The van der Waals surface area contributed by atoms with Gasteiger partial charge in [0, 0.05) is 13.2 Å². The average Bonchev–Trinajstić information content (AvgIpc) is 2.03. The van der Waals surface area contributed by atoms with Gasteiger partial charge in [-0.3, -0.25) is 0 Å². The van der Waals surface area contributed by atoms with Crippen molar-refractivity contribution in [3.8, 4) is 0 Å². The van der Waals surface area contributed by atoms with Crippen molar-refractivity contribution in [3.63, 3.8) is 0 Å². The molecule has 0 radical (unpaired) electrons. The Morgan fingerprint density at radius 1 is 1.43 bits per heavy atom. The molecule has 0 aromatic carbocycles. The highest BCUT2D eigenvalue weighted by Gasteiger charge is 2.19. The van der Waals surface area contributed by atoms with E-state index in [0.29, 0.717) is 25.7 Å². The summed E-state index contributed by atoms with van der Waals surface area (Å²) in [6, 6.07) is 0. The highest BCUT2D eigenvalue weighted by atomic mass is 16.5. The van der Waals surface area contributed by atoms with Crippen molar-refractivity contribution in [1.29, 1.82) is 0 Å². The van der Waals surface area contributed by atoms with Gasteiger partial charge in [-0.25, -0.2) is 0 Å². The summed E-state index contributed by atoms with van der Waals surface area (Å²) in [5.74, 6) is 0.523. The lowest BCUT2D eigenvalue weighted by Crippen LogP contribution is -2.42. The van der Waals surface area contributed by atoms with Crippen molar-refractivity contribution < 1.29 is 9.84 Å². The summed E-state index contributed by atoms with van der Waals surface area (Å²) in [6.07, 6.45) is 1.09. The van der Waals surface area contributed by atoms with Crippen molar-refractivity contribution >= 4 is 0 Å². The third-order valence-corrected chi connectivity index (χ3v) is 1.80. The summed E-state index contributed by atoms with van der Waals surface area (Å²) < 4.78 is 5.40. The molecule has 0 saturated heterocycles. The molecule has 0 aliphatic heterocycles. The second-order valence-corrected chi connectivity index (χ2v) is 4.58. The van der Waals surface area contributed by atoms with E-state index in [2.05, 4.69) is 26.1 Å². The Balaban J connectivity index is 3.50. The molecule has 1 atom stereocenters. The summed E-state index contributed by atoms with van der Waals surface area (Å²) in [7, 11) is 0. The molecule has 0 bridgehead atoms. The van der Waals surface area contributed by atoms with Crippen LogP contribution in [0.1, 0.15) is 34.1 Å². The predicted molar refractivity (Wildman–Crippen MR) is 59.4 cm³/mol. The van der Waals surface area contributed by atoms with E-state index >= 15 is 0 Å². The van der Waals surface area contributed by atoms with Crippen LogP contribution < -0.4 is 5.32 Å². The minimum absolute atomic E-state index is 0.405. The molecular formula is C11H25NO2. The van der Waals surface area contributed by atoms with Gasteiger partial charge in [-0.15, -0.1) is 0 Å². The van der Waals surface area contributed by atoms with Gasteiger partial charge < -0.3 is 15.2 Å². The van der Waals surface area contributed by atoms with E-state index in [4.69, 9.17) is 4.74 Å². The molecule has 0 aliphatic rings. The first-order valence-corrected chi connectivity index (χ1v) is 5.49. The monoisotopic (exact) mass is 203 g/mol. The maximum absolute atomic E-state index is 9.87. The summed E-state index contributed by atoms with van der Waals surface area (Å²) in [5.41, 5.74) is -0.746. The van der Waals surface area contributed by atoms with Crippen LogP contribution in [0.5, 0.6) is 0 Å². The van der Waals surface area contributed by atoms with Gasteiger partial charge in [0.15, 0.2) is 0 Å².